The SMILES string of the molecule is CCC(N)Cn1ccnc1-c1ccccc1. The first-order valence-electron chi connectivity index (χ1n) is 5.63. The maximum absolute atomic E-state index is 5.96. The van der Waals surface area contributed by atoms with Crippen LogP contribution in [0.3, 0.4) is 0 Å². The molecular formula is C13H17N3. The van der Waals surface area contributed by atoms with Crippen LogP contribution < -0.4 is 5.73 Å². The first-order chi connectivity index (χ1) is 7.81. The first-order valence-corrected chi connectivity index (χ1v) is 5.63. The van der Waals surface area contributed by atoms with Crippen LogP contribution in [0.15, 0.2) is 42.7 Å². The highest BCUT2D eigenvalue weighted by Gasteiger charge is 2.07. The van der Waals surface area contributed by atoms with Gasteiger partial charge in [-0.15, -0.1) is 0 Å². The summed E-state index contributed by atoms with van der Waals surface area (Å²) in [4.78, 5) is 4.38. The highest BCUT2D eigenvalue weighted by atomic mass is 15.1. The van der Waals surface area contributed by atoms with Crippen LogP contribution in [0.25, 0.3) is 11.4 Å². The zero-order valence-electron chi connectivity index (χ0n) is 9.50. The number of rotatable bonds is 4. The van der Waals surface area contributed by atoms with E-state index in [9.17, 15) is 0 Å². The summed E-state index contributed by atoms with van der Waals surface area (Å²) in [6, 6.07) is 10.4. The van der Waals surface area contributed by atoms with Gasteiger partial charge in [0, 0.05) is 30.5 Å². The predicted molar refractivity (Wildman–Crippen MR) is 65.9 cm³/mol. The summed E-state index contributed by atoms with van der Waals surface area (Å²) in [5.41, 5.74) is 7.10. The van der Waals surface area contributed by atoms with E-state index in [1.165, 1.54) is 0 Å². The minimum absolute atomic E-state index is 0.191. The van der Waals surface area contributed by atoms with Gasteiger partial charge in [-0.2, -0.15) is 0 Å². The lowest BCUT2D eigenvalue weighted by molar-refractivity contribution is 0.542. The molecule has 1 aromatic heterocycles. The van der Waals surface area contributed by atoms with E-state index in [-0.39, 0.29) is 6.04 Å². The molecule has 0 radical (unpaired) electrons. The smallest absolute Gasteiger partial charge is 0.139 e. The molecule has 84 valence electrons. The zero-order chi connectivity index (χ0) is 11.4. The minimum atomic E-state index is 0.191. The molecule has 2 N–H and O–H groups in total. The predicted octanol–water partition coefficient (Wildman–Crippen LogP) is 2.29. The van der Waals surface area contributed by atoms with Crippen molar-refractivity contribution in [3.63, 3.8) is 0 Å². The maximum atomic E-state index is 5.96. The highest BCUT2D eigenvalue weighted by molar-refractivity contribution is 5.55. The van der Waals surface area contributed by atoms with Crippen molar-refractivity contribution in [2.75, 3.05) is 0 Å². The number of hydrogen-bond donors (Lipinski definition) is 1. The lowest BCUT2D eigenvalue weighted by atomic mass is 10.2. The van der Waals surface area contributed by atoms with Crippen molar-refractivity contribution in [1.29, 1.82) is 0 Å². The Bertz CT molecular complexity index is 433. The van der Waals surface area contributed by atoms with Gasteiger partial charge in [-0.05, 0) is 6.42 Å². The lowest BCUT2D eigenvalue weighted by Crippen LogP contribution is -2.25. The monoisotopic (exact) mass is 215 g/mol. The summed E-state index contributed by atoms with van der Waals surface area (Å²) in [6.07, 6.45) is 4.79. The lowest BCUT2D eigenvalue weighted by Gasteiger charge is -2.12. The molecule has 3 heteroatoms. The largest absolute Gasteiger partial charge is 0.329 e. The van der Waals surface area contributed by atoms with Gasteiger partial charge in [0.15, 0.2) is 0 Å². The third-order valence-electron chi connectivity index (χ3n) is 2.70. The Kier molecular flexibility index (Phi) is 3.37. The summed E-state index contributed by atoms with van der Waals surface area (Å²) in [5, 5.41) is 0. The molecule has 2 rings (SSSR count). The molecule has 0 aliphatic heterocycles. The van der Waals surface area contributed by atoms with Crippen LogP contribution in [0.1, 0.15) is 13.3 Å². The summed E-state index contributed by atoms with van der Waals surface area (Å²) in [6.45, 7) is 2.92. The molecule has 0 saturated heterocycles. The number of imidazole rings is 1. The third kappa shape index (κ3) is 2.31. The highest BCUT2D eigenvalue weighted by Crippen LogP contribution is 2.16. The molecule has 1 aromatic carbocycles. The fourth-order valence-corrected chi connectivity index (χ4v) is 1.69. The quantitative estimate of drug-likeness (QED) is 0.850. The summed E-state index contributed by atoms with van der Waals surface area (Å²) in [5.74, 6) is 0.990. The van der Waals surface area contributed by atoms with Gasteiger partial charge in [-0.1, -0.05) is 37.3 Å². The van der Waals surface area contributed by atoms with E-state index < -0.39 is 0 Å². The van der Waals surface area contributed by atoms with E-state index in [0.29, 0.717) is 0 Å². The fourth-order valence-electron chi connectivity index (χ4n) is 1.69. The number of benzene rings is 1. The standard InChI is InChI=1S/C13H17N3/c1-2-12(14)10-16-9-8-15-13(16)11-6-4-3-5-7-11/h3-9,12H,2,10,14H2,1H3. The van der Waals surface area contributed by atoms with E-state index >= 15 is 0 Å². The van der Waals surface area contributed by atoms with Crippen LogP contribution in [0.5, 0.6) is 0 Å². The Morgan fingerprint density at radius 3 is 2.75 bits per heavy atom. The third-order valence-corrected chi connectivity index (χ3v) is 2.70. The van der Waals surface area contributed by atoms with E-state index in [4.69, 9.17) is 5.73 Å². The Morgan fingerprint density at radius 2 is 2.06 bits per heavy atom. The van der Waals surface area contributed by atoms with Gasteiger partial charge in [-0.25, -0.2) is 4.98 Å². The minimum Gasteiger partial charge on any atom is -0.329 e. The molecule has 16 heavy (non-hydrogen) atoms. The summed E-state index contributed by atoms with van der Waals surface area (Å²) in [7, 11) is 0. The van der Waals surface area contributed by atoms with Crippen LogP contribution in [0.4, 0.5) is 0 Å². The summed E-state index contributed by atoms with van der Waals surface area (Å²) < 4.78 is 2.11. The molecule has 0 amide bonds. The van der Waals surface area contributed by atoms with Gasteiger partial charge in [0.05, 0.1) is 0 Å². The van der Waals surface area contributed by atoms with Crippen molar-refractivity contribution in [2.24, 2.45) is 5.73 Å². The van der Waals surface area contributed by atoms with Crippen molar-refractivity contribution in [1.82, 2.24) is 9.55 Å². The topological polar surface area (TPSA) is 43.8 Å². The van der Waals surface area contributed by atoms with Gasteiger partial charge in [0.1, 0.15) is 5.82 Å². The molecule has 1 atom stereocenters. The van der Waals surface area contributed by atoms with E-state index in [1.54, 1.807) is 0 Å². The Balaban J connectivity index is 2.26. The summed E-state index contributed by atoms with van der Waals surface area (Å²) >= 11 is 0. The second kappa shape index (κ2) is 4.94. The van der Waals surface area contributed by atoms with Crippen LogP contribution >= 0.6 is 0 Å². The molecule has 1 heterocycles. The van der Waals surface area contributed by atoms with Crippen LogP contribution in [-0.4, -0.2) is 15.6 Å². The fraction of sp³-hybridized carbons (Fsp3) is 0.308. The van der Waals surface area contributed by atoms with Gasteiger partial charge >= 0.3 is 0 Å². The van der Waals surface area contributed by atoms with E-state index in [1.807, 2.05) is 30.6 Å². The van der Waals surface area contributed by atoms with Gasteiger partial charge < -0.3 is 10.3 Å². The van der Waals surface area contributed by atoms with Gasteiger partial charge in [0.2, 0.25) is 0 Å². The molecule has 0 fully saturated rings. The molecule has 3 nitrogen and oxygen atoms in total. The van der Waals surface area contributed by atoms with E-state index in [2.05, 4.69) is 28.6 Å². The van der Waals surface area contributed by atoms with Crippen molar-refractivity contribution >= 4 is 0 Å². The first kappa shape index (κ1) is 10.9. The molecule has 0 saturated carbocycles. The molecule has 2 aromatic rings. The number of hydrogen-bond acceptors (Lipinski definition) is 2. The Morgan fingerprint density at radius 1 is 1.31 bits per heavy atom. The van der Waals surface area contributed by atoms with E-state index in [0.717, 1.165) is 24.4 Å². The molecule has 0 spiro atoms. The van der Waals surface area contributed by atoms with Crippen LogP contribution in [-0.2, 0) is 6.54 Å². The van der Waals surface area contributed by atoms with Crippen LogP contribution in [0.2, 0.25) is 0 Å². The second-order valence-electron chi connectivity index (χ2n) is 3.94. The maximum Gasteiger partial charge on any atom is 0.139 e. The van der Waals surface area contributed by atoms with Crippen LogP contribution in [0, 0.1) is 0 Å². The number of aromatic nitrogens is 2. The molecule has 0 bridgehead atoms. The van der Waals surface area contributed by atoms with Crippen molar-refractivity contribution in [3.05, 3.63) is 42.7 Å². The van der Waals surface area contributed by atoms with Gasteiger partial charge in [-0.3, -0.25) is 0 Å². The number of nitrogens with two attached hydrogens (primary N) is 1. The molecular weight excluding hydrogens is 198 g/mol. The second-order valence-corrected chi connectivity index (χ2v) is 3.94. The van der Waals surface area contributed by atoms with Crippen molar-refractivity contribution in [2.45, 2.75) is 25.9 Å². The average Bonchev–Trinajstić information content (AvgIpc) is 2.78. The van der Waals surface area contributed by atoms with Gasteiger partial charge in [0.25, 0.3) is 0 Å². The molecule has 1 unspecified atom stereocenters. The molecule has 0 aliphatic rings. The molecule has 0 aliphatic carbocycles. The average molecular weight is 215 g/mol. The normalized spacial score (nSPS) is 12.6. The van der Waals surface area contributed by atoms with Crippen molar-refractivity contribution in [3.8, 4) is 11.4 Å². The van der Waals surface area contributed by atoms with Crippen molar-refractivity contribution < 1.29 is 0 Å². The Labute approximate surface area is 95.9 Å². The number of nitrogens with zero attached hydrogens (tertiary/aromatic N) is 2. The zero-order valence-corrected chi connectivity index (χ0v) is 9.50. The Hall–Kier alpha value is -1.61.